The molecule has 1 aromatic carbocycles. The van der Waals surface area contributed by atoms with Crippen LogP contribution in [0.3, 0.4) is 0 Å². The Kier molecular flexibility index (Phi) is 6.78. The Morgan fingerprint density at radius 2 is 1.90 bits per heavy atom. The van der Waals surface area contributed by atoms with Crippen molar-refractivity contribution in [3.05, 3.63) is 50.9 Å². The maximum atomic E-state index is 12.4. The van der Waals surface area contributed by atoms with Gasteiger partial charge >= 0.3 is 17.2 Å². The van der Waals surface area contributed by atoms with Gasteiger partial charge in [0, 0.05) is 17.1 Å². The van der Waals surface area contributed by atoms with Crippen molar-refractivity contribution < 1.29 is 19.9 Å². The van der Waals surface area contributed by atoms with Crippen LogP contribution in [-0.4, -0.2) is 41.9 Å². The van der Waals surface area contributed by atoms with Crippen molar-refractivity contribution in [2.24, 2.45) is 0 Å². The zero-order valence-corrected chi connectivity index (χ0v) is 18.5. The van der Waals surface area contributed by atoms with Crippen LogP contribution in [0, 0.1) is 10.1 Å². The van der Waals surface area contributed by atoms with Gasteiger partial charge < -0.3 is 20.3 Å². The fourth-order valence-electron chi connectivity index (χ4n) is 4.58. The summed E-state index contributed by atoms with van der Waals surface area (Å²) in [6.07, 6.45) is 3.96. The number of carboxylic acid groups (broad SMARTS) is 1. The molecule has 3 rings (SSSR count). The number of rotatable bonds is 7. The van der Waals surface area contributed by atoms with Crippen molar-refractivity contribution in [1.82, 2.24) is 9.55 Å². The summed E-state index contributed by atoms with van der Waals surface area (Å²) in [5.74, 6) is -0.415. The number of nitro groups is 1. The molecule has 1 amide bonds. The van der Waals surface area contributed by atoms with Crippen molar-refractivity contribution in [1.29, 1.82) is 0 Å². The topological polar surface area (TPSA) is 122 Å². The Bertz CT molecular complexity index is 955. The molecule has 1 heterocycles. The molecule has 2 aromatic rings. The Balaban J connectivity index is 1.94. The van der Waals surface area contributed by atoms with E-state index in [1.807, 2.05) is 0 Å². The van der Waals surface area contributed by atoms with Crippen LogP contribution >= 0.6 is 23.2 Å². The smallest absolute Gasteiger partial charge is 0.412 e. The highest BCUT2D eigenvalue weighted by molar-refractivity contribution is 6.30. The predicted molar refractivity (Wildman–Crippen MR) is 117 cm³/mol. The minimum atomic E-state index is -1.41. The van der Waals surface area contributed by atoms with Crippen LogP contribution in [0.25, 0.3) is 0 Å². The van der Waals surface area contributed by atoms with E-state index in [1.54, 1.807) is 31.2 Å². The fourth-order valence-corrected chi connectivity index (χ4v) is 4.90. The molecule has 1 aliphatic carbocycles. The number of hydrogen-bond donors (Lipinski definition) is 2. The molecule has 1 saturated carbocycles. The number of hydrogen-bond acceptors (Lipinski definition) is 5. The second kappa shape index (κ2) is 9.02. The lowest BCUT2D eigenvalue weighted by Crippen LogP contribution is -2.57. The summed E-state index contributed by atoms with van der Waals surface area (Å²) < 4.78 is 1.31. The number of halogens is 2. The zero-order valence-electron chi connectivity index (χ0n) is 17.0. The molecule has 0 saturated heterocycles. The molecule has 2 N–H and O–H groups in total. The molecular formula is C20H24Cl2N4O5. The molecule has 1 atom stereocenters. The molecule has 1 aromatic heterocycles. The molecule has 31 heavy (non-hydrogen) atoms. The average molecular weight is 471 g/mol. The van der Waals surface area contributed by atoms with E-state index in [9.17, 15) is 25.1 Å². The van der Waals surface area contributed by atoms with Crippen LogP contribution in [-0.2, 0) is 6.54 Å². The Labute approximate surface area is 189 Å². The summed E-state index contributed by atoms with van der Waals surface area (Å²) in [6.45, 7) is 1.51. The third-order valence-corrected chi connectivity index (χ3v) is 6.21. The number of nitrogens with zero attached hydrogens (tertiary/aromatic N) is 4. The van der Waals surface area contributed by atoms with Crippen LogP contribution in [0.5, 0.6) is 0 Å². The molecule has 0 radical (unpaired) electrons. The Morgan fingerprint density at radius 3 is 2.42 bits per heavy atom. The Hall–Kier alpha value is -2.36. The molecule has 9 nitrogen and oxygen atoms in total. The fraction of sp³-hybridized carbons (Fsp3) is 0.500. The number of aromatic nitrogens is 2. The molecule has 1 fully saturated rings. The van der Waals surface area contributed by atoms with Gasteiger partial charge in [-0.05, 0) is 65.5 Å². The van der Waals surface area contributed by atoms with Crippen molar-refractivity contribution in [3.8, 4) is 0 Å². The van der Waals surface area contributed by atoms with Gasteiger partial charge in [0.05, 0.1) is 17.7 Å². The lowest BCUT2D eigenvalue weighted by molar-refractivity contribution is -0.389. The van der Waals surface area contributed by atoms with Gasteiger partial charge in [0.25, 0.3) is 0 Å². The first kappa shape index (κ1) is 23.3. The van der Waals surface area contributed by atoms with E-state index in [2.05, 4.69) is 4.98 Å². The van der Waals surface area contributed by atoms with E-state index in [4.69, 9.17) is 23.2 Å². The zero-order chi connectivity index (χ0) is 22.8. The van der Waals surface area contributed by atoms with Crippen molar-refractivity contribution in [2.75, 3.05) is 4.90 Å². The summed E-state index contributed by atoms with van der Waals surface area (Å²) >= 11 is 12.0. The number of amides is 1. The first-order valence-electron chi connectivity index (χ1n) is 9.91. The summed E-state index contributed by atoms with van der Waals surface area (Å²) in [4.78, 5) is 27.7. The normalized spacial score (nSPS) is 17.7. The molecule has 168 valence electrons. The standard InChI is InChI=1S/C20H24Cl2N4O5/c1-19(29,13-24-11-16(26(30)31)23-17(24)22)12-20(9-3-2-4-10-20)25(18(27)28)15-7-5-14(21)6-8-15/h5-8,11,29H,2-4,9-10,12-13H2,1H3,(H,27,28)/t19-/m1/s1. The van der Waals surface area contributed by atoms with Crippen molar-refractivity contribution >= 4 is 40.8 Å². The molecule has 0 unspecified atom stereocenters. The van der Waals surface area contributed by atoms with Gasteiger partial charge in [0.15, 0.2) is 0 Å². The largest absolute Gasteiger partial charge is 0.465 e. The highest BCUT2D eigenvalue weighted by atomic mass is 35.5. The number of carbonyl (C=O) groups is 1. The quantitative estimate of drug-likeness (QED) is 0.427. The predicted octanol–water partition coefficient (Wildman–Crippen LogP) is 5.13. The highest BCUT2D eigenvalue weighted by Crippen LogP contribution is 2.43. The molecular weight excluding hydrogens is 447 g/mol. The van der Waals surface area contributed by atoms with E-state index >= 15 is 0 Å². The van der Waals surface area contributed by atoms with Crippen LogP contribution in [0.4, 0.5) is 16.3 Å². The van der Waals surface area contributed by atoms with E-state index in [0.717, 1.165) is 19.3 Å². The lowest BCUT2D eigenvalue weighted by Gasteiger charge is -2.48. The van der Waals surface area contributed by atoms with Gasteiger partial charge in [0.2, 0.25) is 0 Å². The maximum Gasteiger partial charge on any atom is 0.412 e. The number of imidazole rings is 1. The summed E-state index contributed by atoms with van der Waals surface area (Å²) in [5, 5.41) is 32.7. The van der Waals surface area contributed by atoms with Gasteiger partial charge in [-0.2, -0.15) is 0 Å². The highest BCUT2D eigenvalue weighted by Gasteiger charge is 2.46. The molecule has 0 aliphatic heterocycles. The van der Waals surface area contributed by atoms with E-state index < -0.39 is 28.0 Å². The SMILES string of the molecule is C[C@](O)(Cn1cc([N+](=O)[O-])nc1Cl)CC1(N(C(=O)O)c2ccc(Cl)cc2)CCCCC1. The monoisotopic (exact) mass is 470 g/mol. The van der Waals surface area contributed by atoms with Crippen LogP contribution in [0.15, 0.2) is 30.5 Å². The Morgan fingerprint density at radius 1 is 1.29 bits per heavy atom. The van der Waals surface area contributed by atoms with Crippen molar-refractivity contribution in [3.63, 3.8) is 0 Å². The van der Waals surface area contributed by atoms with Gasteiger partial charge in [-0.15, -0.1) is 0 Å². The van der Waals surface area contributed by atoms with Gasteiger partial charge in [-0.1, -0.05) is 30.9 Å². The number of aliphatic hydroxyl groups is 1. The van der Waals surface area contributed by atoms with E-state index in [1.165, 1.54) is 15.7 Å². The molecule has 1 aliphatic rings. The van der Waals surface area contributed by atoms with E-state index in [0.29, 0.717) is 23.6 Å². The van der Waals surface area contributed by atoms with Gasteiger partial charge in [-0.25, -0.2) is 4.79 Å². The summed E-state index contributed by atoms with van der Waals surface area (Å²) in [7, 11) is 0. The van der Waals surface area contributed by atoms with Crippen molar-refractivity contribution in [2.45, 2.75) is 63.1 Å². The van der Waals surface area contributed by atoms with Crippen LogP contribution in [0.2, 0.25) is 10.3 Å². The third kappa shape index (κ3) is 5.28. The molecule has 0 spiro atoms. The number of anilines is 1. The summed E-state index contributed by atoms with van der Waals surface area (Å²) in [5.41, 5.74) is -1.78. The van der Waals surface area contributed by atoms with Crippen LogP contribution in [0.1, 0.15) is 45.4 Å². The average Bonchev–Trinajstić information content (AvgIpc) is 3.03. The minimum absolute atomic E-state index is 0.0670. The molecule has 11 heteroatoms. The van der Waals surface area contributed by atoms with Gasteiger partial charge in [0.1, 0.15) is 6.20 Å². The van der Waals surface area contributed by atoms with Gasteiger partial charge in [-0.3, -0.25) is 9.47 Å². The second-order valence-corrected chi connectivity index (χ2v) is 9.08. The summed E-state index contributed by atoms with van der Waals surface area (Å²) in [6, 6.07) is 6.56. The minimum Gasteiger partial charge on any atom is -0.465 e. The van der Waals surface area contributed by atoms with E-state index in [-0.39, 0.29) is 18.2 Å². The molecule has 0 bridgehead atoms. The lowest BCUT2D eigenvalue weighted by atomic mass is 9.73. The first-order chi connectivity index (χ1) is 14.5. The number of benzene rings is 1. The van der Waals surface area contributed by atoms with Crippen LogP contribution < -0.4 is 4.90 Å². The third-order valence-electron chi connectivity index (χ3n) is 5.66. The maximum absolute atomic E-state index is 12.4. The second-order valence-electron chi connectivity index (χ2n) is 8.31. The first-order valence-corrected chi connectivity index (χ1v) is 10.7.